The first-order valence-corrected chi connectivity index (χ1v) is 12.3. The Morgan fingerprint density at radius 1 is 1.07 bits per heavy atom. The Morgan fingerprint density at radius 3 is 2.41 bits per heavy atom. The van der Waals surface area contributed by atoms with Crippen LogP contribution in [-0.4, -0.2) is 13.9 Å². The average Bonchev–Trinajstić information content (AvgIpc) is 3.04. The summed E-state index contributed by atoms with van der Waals surface area (Å²) in [7, 11) is -5.59. The first-order valence-electron chi connectivity index (χ1n) is 10.9. The molecule has 5 unspecified atom stereocenters. The van der Waals surface area contributed by atoms with Crippen LogP contribution in [0.25, 0.3) is 0 Å². The third-order valence-electron chi connectivity index (χ3n) is 8.01. The van der Waals surface area contributed by atoms with E-state index in [1.54, 1.807) is 6.08 Å². The molecule has 2 saturated carbocycles. The van der Waals surface area contributed by atoms with Crippen LogP contribution in [0.3, 0.4) is 0 Å². The first-order chi connectivity index (χ1) is 13.5. The van der Waals surface area contributed by atoms with Crippen molar-refractivity contribution in [2.75, 3.05) is 0 Å². The average molecular weight is 435 g/mol. The van der Waals surface area contributed by atoms with E-state index < -0.39 is 15.6 Å². The van der Waals surface area contributed by atoms with Crippen molar-refractivity contribution in [3.63, 3.8) is 0 Å². The van der Waals surface area contributed by atoms with Gasteiger partial charge in [0.05, 0.1) is 0 Å². The molecule has 0 saturated heterocycles. The normalized spacial score (nSPS) is 39.1. The van der Waals surface area contributed by atoms with E-state index in [1.165, 1.54) is 25.7 Å². The summed E-state index contributed by atoms with van der Waals surface area (Å²) in [5.74, 6) is 1.80. The lowest BCUT2D eigenvalue weighted by molar-refractivity contribution is -0.0528. The van der Waals surface area contributed by atoms with Crippen molar-refractivity contribution in [3.05, 3.63) is 23.5 Å². The molecule has 29 heavy (non-hydrogen) atoms. The second-order valence-corrected chi connectivity index (χ2v) is 10.9. The molecule has 0 aromatic heterocycles. The predicted molar refractivity (Wildman–Crippen MR) is 107 cm³/mol. The molecular weight excluding hydrogens is 401 g/mol. The van der Waals surface area contributed by atoms with Crippen LogP contribution in [-0.2, 0) is 14.3 Å². The standard InChI is InChI=1S/C20H27F3O3S.C2H6/c1-18-9-3-4-16(18)15-6-5-13-12-14(26-27(24,25)20(21,22)23)7-11-19(13,2)17(15)8-10-18;1-2/h5,12,15-17H,3-4,6-11H2,1-2H3;1-2H3. The molecule has 2 fully saturated rings. The maximum Gasteiger partial charge on any atom is 0.534 e. The van der Waals surface area contributed by atoms with E-state index in [-0.39, 0.29) is 17.6 Å². The van der Waals surface area contributed by atoms with Crippen LogP contribution in [0.4, 0.5) is 13.2 Å². The van der Waals surface area contributed by atoms with E-state index in [1.807, 2.05) is 13.8 Å². The highest BCUT2D eigenvalue weighted by Gasteiger charge is 2.56. The van der Waals surface area contributed by atoms with Crippen molar-refractivity contribution >= 4 is 10.1 Å². The lowest BCUT2D eigenvalue weighted by Gasteiger charge is -2.56. The van der Waals surface area contributed by atoms with Gasteiger partial charge in [0.15, 0.2) is 0 Å². The summed E-state index contributed by atoms with van der Waals surface area (Å²) < 4.78 is 65.0. The second kappa shape index (κ2) is 7.61. The van der Waals surface area contributed by atoms with Gasteiger partial charge in [0.1, 0.15) is 5.76 Å². The Labute approximate surface area is 172 Å². The summed E-state index contributed by atoms with van der Waals surface area (Å²) in [6.07, 6.45) is 11.8. The summed E-state index contributed by atoms with van der Waals surface area (Å²) in [6, 6.07) is 0. The molecule has 4 aliphatic rings. The zero-order valence-corrected chi connectivity index (χ0v) is 18.6. The van der Waals surface area contributed by atoms with E-state index in [4.69, 9.17) is 0 Å². The van der Waals surface area contributed by atoms with Crippen LogP contribution in [0.15, 0.2) is 23.5 Å². The van der Waals surface area contributed by atoms with E-state index in [2.05, 4.69) is 24.1 Å². The van der Waals surface area contributed by atoms with Gasteiger partial charge in [0.25, 0.3) is 0 Å². The van der Waals surface area contributed by atoms with Crippen LogP contribution < -0.4 is 0 Å². The molecule has 0 aliphatic heterocycles. The van der Waals surface area contributed by atoms with E-state index in [0.717, 1.165) is 24.3 Å². The monoisotopic (exact) mass is 434 g/mol. The topological polar surface area (TPSA) is 43.4 Å². The first kappa shape index (κ1) is 22.7. The summed E-state index contributed by atoms with van der Waals surface area (Å²) >= 11 is 0. The summed E-state index contributed by atoms with van der Waals surface area (Å²) in [6.45, 7) is 8.63. The minimum absolute atomic E-state index is 0.0870. The molecule has 0 aromatic carbocycles. The molecule has 4 rings (SSSR count). The quantitative estimate of drug-likeness (QED) is 0.358. The van der Waals surface area contributed by atoms with Gasteiger partial charge in [-0.25, -0.2) is 0 Å². The number of rotatable bonds is 2. The molecule has 0 amide bonds. The van der Waals surface area contributed by atoms with Gasteiger partial charge in [0.2, 0.25) is 0 Å². The SMILES string of the molecule is CC.CC12CCCC1C1CC=C3C=C(OS(=O)(=O)C(F)(F)F)CCC3(C)C1CC2. The Kier molecular flexibility index (Phi) is 5.96. The molecule has 5 atom stereocenters. The van der Waals surface area contributed by atoms with E-state index in [9.17, 15) is 21.6 Å². The number of allylic oxidation sites excluding steroid dienone is 4. The molecule has 0 heterocycles. The van der Waals surface area contributed by atoms with Crippen molar-refractivity contribution in [2.45, 2.75) is 84.6 Å². The molecule has 0 N–H and O–H groups in total. The molecule has 0 radical (unpaired) electrons. The third kappa shape index (κ3) is 3.77. The molecule has 3 nitrogen and oxygen atoms in total. The van der Waals surface area contributed by atoms with Gasteiger partial charge in [-0.1, -0.05) is 40.2 Å². The maximum absolute atomic E-state index is 12.6. The third-order valence-corrected chi connectivity index (χ3v) is 9.01. The van der Waals surface area contributed by atoms with Gasteiger partial charge in [-0.2, -0.15) is 21.6 Å². The zero-order valence-electron chi connectivity index (χ0n) is 17.8. The minimum atomic E-state index is -5.59. The van der Waals surface area contributed by atoms with Crippen LogP contribution in [0.2, 0.25) is 0 Å². The highest BCUT2D eigenvalue weighted by Crippen LogP contribution is 2.64. The van der Waals surface area contributed by atoms with Crippen molar-refractivity contribution in [1.82, 2.24) is 0 Å². The molecule has 0 aromatic rings. The van der Waals surface area contributed by atoms with Gasteiger partial charge in [-0.15, -0.1) is 0 Å². The Bertz CT molecular complexity index is 799. The Balaban J connectivity index is 0.00000117. The summed E-state index contributed by atoms with van der Waals surface area (Å²) in [5.41, 5.74) is -4.08. The second-order valence-electron chi connectivity index (χ2n) is 9.37. The Hall–Kier alpha value is -0.980. The van der Waals surface area contributed by atoms with Gasteiger partial charge >= 0.3 is 15.6 Å². The van der Waals surface area contributed by atoms with Crippen molar-refractivity contribution in [3.8, 4) is 0 Å². The fourth-order valence-electron chi connectivity index (χ4n) is 6.55. The smallest absolute Gasteiger partial charge is 0.381 e. The van der Waals surface area contributed by atoms with Crippen LogP contribution in [0.5, 0.6) is 0 Å². The van der Waals surface area contributed by atoms with E-state index >= 15 is 0 Å². The lowest BCUT2D eigenvalue weighted by atomic mass is 9.49. The number of alkyl halides is 3. The number of fused-ring (bicyclic) bond motifs is 5. The van der Waals surface area contributed by atoms with Crippen molar-refractivity contribution in [2.24, 2.45) is 28.6 Å². The largest absolute Gasteiger partial charge is 0.534 e. The number of hydrogen-bond donors (Lipinski definition) is 0. The summed E-state index contributed by atoms with van der Waals surface area (Å²) in [4.78, 5) is 0. The zero-order chi connectivity index (χ0) is 21.7. The molecule has 166 valence electrons. The molecule has 7 heteroatoms. The molecule has 4 aliphatic carbocycles. The highest BCUT2D eigenvalue weighted by molar-refractivity contribution is 7.87. The highest BCUT2D eigenvalue weighted by atomic mass is 32.2. The Morgan fingerprint density at radius 2 is 1.76 bits per heavy atom. The number of hydrogen-bond acceptors (Lipinski definition) is 3. The molecule has 0 spiro atoms. The predicted octanol–water partition coefficient (Wildman–Crippen LogP) is 6.73. The fourth-order valence-corrected chi connectivity index (χ4v) is 7.05. The molecular formula is C22H33F3O3S. The van der Waals surface area contributed by atoms with Crippen molar-refractivity contribution in [1.29, 1.82) is 0 Å². The summed E-state index contributed by atoms with van der Waals surface area (Å²) in [5, 5.41) is 0. The minimum Gasteiger partial charge on any atom is -0.381 e. The van der Waals surface area contributed by atoms with Gasteiger partial charge in [-0.05, 0) is 78.8 Å². The van der Waals surface area contributed by atoms with Gasteiger partial charge < -0.3 is 4.18 Å². The maximum atomic E-state index is 12.6. The van der Waals surface area contributed by atoms with Crippen LogP contribution in [0, 0.1) is 28.6 Å². The molecule has 0 bridgehead atoms. The van der Waals surface area contributed by atoms with Gasteiger partial charge in [-0.3, -0.25) is 0 Å². The van der Waals surface area contributed by atoms with Crippen molar-refractivity contribution < 1.29 is 25.8 Å². The lowest BCUT2D eigenvalue weighted by Crippen LogP contribution is -2.48. The van der Waals surface area contributed by atoms with Crippen LogP contribution in [0.1, 0.15) is 79.1 Å². The van der Waals surface area contributed by atoms with Gasteiger partial charge in [0, 0.05) is 6.42 Å². The van der Waals surface area contributed by atoms with E-state index in [0.29, 0.717) is 23.7 Å². The number of halogens is 3. The fraction of sp³-hybridized carbons (Fsp3) is 0.818. The van der Waals surface area contributed by atoms with Crippen LogP contribution >= 0.6 is 0 Å².